The van der Waals surface area contributed by atoms with Gasteiger partial charge in [0.1, 0.15) is 0 Å². The second-order valence-electron chi connectivity index (χ2n) is 4.72. The highest BCUT2D eigenvalue weighted by molar-refractivity contribution is 5.78. The van der Waals surface area contributed by atoms with Crippen LogP contribution in [-0.2, 0) is 22.5 Å². The van der Waals surface area contributed by atoms with Gasteiger partial charge in [-0.1, -0.05) is 24.3 Å². The van der Waals surface area contributed by atoms with Crippen LogP contribution in [0.1, 0.15) is 17.5 Å². The highest BCUT2D eigenvalue weighted by Gasteiger charge is 2.23. The van der Waals surface area contributed by atoms with E-state index in [1.54, 1.807) is 0 Å². The fraction of sp³-hybridized carbons (Fsp3) is 0.500. The number of carbonyl (C=O) groups is 1. The van der Waals surface area contributed by atoms with E-state index < -0.39 is 0 Å². The minimum Gasteiger partial charge on any atom is -0.379 e. The van der Waals surface area contributed by atoms with Crippen LogP contribution in [0.5, 0.6) is 0 Å². The van der Waals surface area contributed by atoms with Crippen LogP contribution < -0.4 is 5.73 Å². The standard InChI is InChI=1S/C14H20N2O2/c1-16(13-6-7-18-10-13)14(17)8-11-2-4-12(9-15)5-3-11/h2-5,13H,6-10,15H2,1H3. The van der Waals surface area contributed by atoms with E-state index in [4.69, 9.17) is 10.5 Å². The quantitative estimate of drug-likeness (QED) is 0.862. The van der Waals surface area contributed by atoms with Crippen molar-refractivity contribution >= 4 is 5.91 Å². The Morgan fingerprint density at radius 2 is 2.06 bits per heavy atom. The minimum atomic E-state index is 0.144. The Morgan fingerprint density at radius 1 is 1.39 bits per heavy atom. The van der Waals surface area contributed by atoms with Gasteiger partial charge in [0, 0.05) is 20.2 Å². The second-order valence-corrected chi connectivity index (χ2v) is 4.72. The largest absolute Gasteiger partial charge is 0.379 e. The van der Waals surface area contributed by atoms with Gasteiger partial charge in [0.25, 0.3) is 0 Å². The topological polar surface area (TPSA) is 55.6 Å². The summed E-state index contributed by atoms with van der Waals surface area (Å²) in [5.41, 5.74) is 7.66. The van der Waals surface area contributed by atoms with Crippen LogP contribution in [0.15, 0.2) is 24.3 Å². The van der Waals surface area contributed by atoms with Crippen LogP contribution in [0.25, 0.3) is 0 Å². The zero-order chi connectivity index (χ0) is 13.0. The normalized spacial score (nSPS) is 18.9. The fourth-order valence-corrected chi connectivity index (χ4v) is 2.12. The molecular weight excluding hydrogens is 228 g/mol. The van der Waals surface area contributed by atoms with Gasteiger partial charge in [-0.15, -0.1) is 0 Å². The maximum atomic E-state index is 12.1. The lowest BCUT2D eigenvalue weighted by Gasteiger charge is -2.23. The van der Waals surface area contributed by atoms with Crippen molar-refractivity contribution in [2.45, 2.75) is 25.4 Å². The molecule has 1 heterocycles. The third kappa shape index (κ3) is 3.09. The first kappa shape index (κ1) is 13.1. The van der Waals surface area contributed by atoms with Crippen molar-refractivity contribution in [3.8, 4) is 0 Å². The molecule has 4 heteroatoms. The van der Waals surface area contributed by atoms with Gasteiger partial charge >= 0.3 is 0 Å². The Morgan fingerprint density at radius 3 is 2.61 bits per heavy atom. The third-order valence-electron chi connectivity index (χ3n) is 3.46. The van der Waals surface area contributed by atoms with Crippen LogP contribution in [0.2, 0.25) is 0 Å². The van der Waals surface area contributed by atoms with Gasteiger partial charge in [-0.05, 0) is 17.5 Å². The van der Waals surface area contributed by atoms with E-state index >= 15 is 0 Å². The molecule has 0 aliphatic carbocycles. The lowest BCUT2D eigenvalue weighted by molar-refractivity contribution is -0.131. The fourth-order valence-electron chi connectivity index (χ4n) is 2.12. The van der Waals surface area contributed by atoms with Crippen LogP contribution in [0.4, 0.5) is 0 Å². The Bertz CT molecular complexity index is 397. The van der Waals surface area contributed by atoms with Crippen molar-refractivity contribution in [3.63, 3.8) is 0 Å². The molecule has 0 aromatic heterocycles. The van der Waals surface area contributed by atoms with E-state index in [0.717, 1.165) is 24.2 Å². The van der Waals surface area contributed by atoms with E-state index in [1.807, 2.05) is 36.2 Å². The average Bonchev–Trinajstić information content (AvgIpc) is 2.92. The smallest absolute Gasteiger partial charge is 0.227 e. The van der Waals surface area contributed by atoms with Crippen molar-refractivity contribution in [2.75, 3.05) is 20.3 Å². The van der Waals surface area contributed by atoms with Crippen molar-refractivity contribution < 1.29 is 9.53 Å². The Kier molecular flexibility index (Phi) is 4.33. The first-order valence-corrected chi connectivity index (χ1v) is 6.32. The van der Waals surface area contributed by atoms with Gasteiger partial charge < -0.3 is 15.4 Å². The number of nitrogens with zero attached hydrogens (tertiary/aromatic N) is 1. The second kappa shape index (κ2) is 5.98. The Labute approximate surface area is 108 Å². The number of nitrogens with two attached hydrogens (primary N) is 1. The number of hydrogen-bond donors (Lipinski definition) is 1. The lowest BCUT2D eigenvalue weighted by Crippen LogP contribution is -2.38. The summed E-state index contributed by atoms with van der Waals surface area (Å²) in [7, 11) is 1.86. The number of carbonyl (C=O) groups excluding carboxylic acids is 1. The molecule has 4 nitrogen and oxygen atoms in total. The molecule has 0 bridgehead atoms. The van der Waals surface area contributed by atoms with Gasteiger partial charge in [-0.2, -0.15) is 0 Å². The maximum Gasteiger partial charge on any atom is 0.227 e. The molecular formula is C14H20N2O2. The highest BCUT2D eigenvalue weighted by Crippen LogP contribution is 2.13. The first-order valence-electron chi connectivity index (χ1n) is 6.32. The van der Waals surface area contributed by atoms with Gasteiger partial charge in [0.05, 0.1) is 19.1 Å². The molecule has 1 atom stereocenters. The summed E-state index contributed by atoms with van der Waals surface area (Å²) in [6.07, 6.45) is 1.38. The van der Waals surface area contributed by atoms with Gasteiger partial charge in [-0.25, -0.2) is 0 Å². The van der Waals surface area contributed by atoms with Crippen molar-refractivity contribution in [1.82, 2.24) is 4.90 Å². The van der Waals surface area contributed by atoms with Gasteiger partial charge in [0.2, 0.25) is 5.91 Å². The molecule has 98 valence electrons. The number of hydrogen-bond acceptors (Lipinski definition) is 3. The summed E-state index contributed by atoms with van der Waals surface area (Å²) in [5.74, 6) is 0.144. The van der Waals surface area contributed by atoms with Crippen LogP contribution in [0, 0.1) is 0 Å². The van der Waals surface area contributed by atoms with Gasteiger partial charge in [-0.3, -0.25) is 4.79 Å². The van der Waals surface area contributed by atoms with E-state index in [9.17, 15) is 4.79 Å². The van der Waals surface area contributed by atoms with E-state index in [0.29, 0.717) is 19.6 Å². The Balaban J connectivity index is 1.93. The molecule has 0 saturated carbocycles. The average molecular weight is 248 g/mol. The summed E-state index contributed by atoms with van der Waals surface area (Å²) in [4.78, 5) is 13.9. The molecule has 1 amide bonds. The Hall–Kier alpha value is -1.39. The summed E-state index contributed by atoms with van der Waals surface area (Å²) in [5, 5.41) is 0. The molecule has 0 radical (unpaired) electrons. The molecule has 1 aliphatic rings. The molecule has 1 aromatic rings. The molecule has 1 aliphatic heterocycles. The number of amides is 1. The van der Waals surface area contributed by atoms with Gasteiger partial charge in [0.15, 0.2) is 0 Å². The predicted octanol–water partition coefficient (Wildman–Crippen LogP) is 0.935. The molecule has 2 rings (SSSR count). The predicted molar refractivity (Wildman–Crippen MR) is 70.0 cm³/mol. The number of rotatable bonds is 4. The molecule has 2 N–H and O–H groups in total. The molecule has 1 unspecified atom stereocenters. The SMILES string of the molecule is CN(C(=O)Cc1ccc(CN)cc1)C1CCOC1. The molecule has 1 fully saturated rings. The molecule has 18 heavy (non-hydrogen) atoms. The lowest BCUT2D eigenvalue weighted by atomic mass is 10.1. The van der Waals surface area contributed by atoms with E-state index in [1.165, 1.54) is 0 Å². The van der Waals surface area contributed by atoms with Crippen molar-refractivity contribution in [1.29, 1.82) is 0 Å². The van der Waals surface area contributed by atoms with E-state index in [-0.39, 0.29) is 11.9 Å². The highest BCUT2D eigenvalue weighted by atomic mass is 16.5. The van der Waals surface area contributed by atoms with Crippen molar-refractivity contribution in [3.05, 3.63) is 35.4 Å². The van der Waals surface area contributed by atoms with Crippen LogP contribution in [0.3, 0.4) is 0 Å². The molecule has 1 aromatic carbocycles. The summed E-state index contributed by atoms with van der Waals surface area (Å²) >= 11 is 0. The first-order chi connectivity index (χ1) is 8.70. The minimum absolute atomic E-state index is 0.144. The zero-order valence-electron chi connectivity index (χ0n) is 10.8. The van der Waals surface area contributed by atoms with Crippen LogP contribution >= 0.6 is 0 Å². The summed E-state index contributed by atoms with van der Waals surface area (Å²) in [6.45, 7) is 1.95. The number of benzene rings is 1. The number of ether oxygens (including phenoxy) is 1. The zero-order valence-corrected chi connectivity index (χ0v) is 10.8. The van der Waals surface area contributed by atoms with Crippen molar-refractivity contribution in [2.24, 2.45) is 5.73 Å². The maximum absolute atomic E-state index is 12.1. The van der Waals surface area contributed by atoms with Crippen LogP contribution in [-0.4, -0.2) is 37.1 Å². The van der Waals surface area contributed by atoms with E-state index in [2.05, 4.69) is 0 Å². The number of likely N-dealkylation sites (N-methyl/N-ethyl adjacent to an activating group) is 1. The molecule has 1 saturated heterocycles. The summed E-state index contributed by atoms with van der Waals surface area (Å²) < 4.78 is 5.30. The monoisotopic (exact) mass is 248 g/mol. The molecule has 0 spiro atoms. The summed E-state index contributed by atoms with van der Waals surface area (Å²) in [6, 6.07) is 8.13. The third-order valence-corrected chi connectivity index (χ3v) is 3.46.